The molecule has 0 saturated heterocycles. The maximum absolute atomic E-state index is 12.5. The molecule has 3 rings (SSSR count). The fourth-order valence-corrected chi connectivity index (χ4v) is 4.79. The summed E-state index contributed by atoms with van der Waals surface area (Å²) in [5.74, 6) is 1.15. The van der Waals surface area contributed by atoms with Gasteiger partial charge >= 0.3 is 0 Å². The molecule has 0 heterocycles. The van der Waals surface area contributed by atoms with E-state index in [2.05, 4.69) is 42.0 Å². The number of thioether (sulfide) groups is 1. The molecule has 1 saturated carbocycles. The summed E-state index contributed by atoms with van der Waals surface area (Å²) in [6.45, 7) is 3.13. The highest BCUT2D eigenvalue weighted by atomic mass is 32.2. The van der Waals surface area contributed by atoms with Crippen LogP contribution in [0.2, 0.25) is 0 Å². The summed E-state index contributed by atoms with van der Waals surface area (Å²) in [5, 5.41) is 3.77. The Kier molecular flexibility index (Phi) is 6.75. The highest BCUT2D eigenvalue weighted by Gasteiger charge is 2.27. The van der Waals surface area contributed by atoms with Gasteiger partial charge in [0.25, 0.3) is 5.91 Å². The van der Waals surface area contributed by atoms with Crippen LogP contribution in [0.15, 0.2) is 54.6 Å². The van der Waals surface area contributed by atoms with Gasteiger partial charge in [-0.2, -0.15) is 11.8 Å². The fourth-order valence-electron chi connectivity index (χ4n) is 3.66. The molecule has 138 valence electrons. The number of carbonyl (C=O) groups excluding carboxylic acids is 1. The molecule has 2 atom stereocenters. The summed E-state index contributed by atoms with van der Waals surface area (Å²) < 4.78 is 0. The number of rotatable bonds is 7. The molecule has 3 nitrogen and oxygen atoms in total. The van der Waals surface area contributed by atoms with Crippen LogP contribution in [0.25, 0.3) is 0 Å². The van der Waals surface area contributed by atoms with E-state index >= 15 is 0 Å². The van der Waals surface area contributed by atoms with Gasteiger partial charge < -0.3 is 5.32 Å². The van der Waals surface area contributed by atoms with Crippen molar-refractivity contribution in [3.63, 3.8) is 0 Å². The third-order valence-electron chi connectivity index (χ3n) is 5.04. The number of benzene rings is 2. The molecule has 2 aromatic carbocycles. The van der Waals surface area contributed by atoms with Gasteiger partial charge in [0, 0.05) is 29.1 Å². The van der Waals surface area contributed by atoms with E-state index in [1.807, 2.05) is 48.5 Å². The maximum atomic E-state index is 12.5. The molecular weight excluding hydrogens is 340 g/mol. The third-order valence-corrected chi connectivity index (χ3v) is 6.27. The van der Waals surface area contributed by atoms with Crippen LogP contribution in [0.3, 0.4) is 0 Å². The summed E-state index contributed by atoms with van der Waals surface area (Å²) in [5.41, 5.74) is 2.73. The van der Waals surface area contributed by atoms with Gasteiger partial charge in [-0.1, -0.05) is 37.3 Å². The zero-order valence-electron chi connectivity index (χ0n) is 15.7. The monoisotopic (exact) mass is 368 g/mol. The Morgan fingerprint density at radius 2 is 1.96 bits per heavy atom. The lowest BCUT2D eigenvalue weighted by atomic mass is 10.1. The zero-order valence-corrected chi connectivity index (χ0v) is 16.5. The van der Waals surface area contributed by atoms with Crippen LogP contribution < -0.4 is 5.32 Å². The fraction of sp³-hybridized carbons (Fsp3) is 0.409. The minimum Gasteiger partial charge on any atom is -0.322 e. The number of para-hydroxylation sites is 1. The lowest BCUT2D eigenvalue weighted by Gasteiger charge is -2.24. The van der Waals surface area contributed by atoms with Gasteiger partial charge in [-0.05, 0) is 61.9 Å². The van der Waals surface area contributed by atoms with E-state index in [0.29, 0.717) is 11.6 Å². The lowest BCUT2D eigenvalue weighted by molar-refractivity contribution is 0.102. The van der Waals surface area contributed by atoms with Crippen molar-refractivity contribution in [2.75, 3.05) is 18.1 Å². The van der Waals surface area contributed by atoms with E-state index in [1.54, 1.807) is 0 Å². The molecule has 0 radical (unpaired) electrons. The minimum absolute atomic E-state index is 0.0546. The first-order valence-corrected chi connectivity index (χ1v) is 10.5. The van der Waals surface area contributed by atoms with Crippen LogP contribution in [-0.2, 0) is 6.54 Å². The Hall–Kier alpha value is -1.78. The number of amides is 1. The van der Waals surface area contributed by atoms with Crippen molar-refractivity contribution in [2.45, 2.75) is 44.0 Å². The second-order valence-corrected chi connectivity index (χ2v) is 8.56. The first kappa shape index (κ1) is 19.0. The Balaban J connectivity index is 1.59. The SMILES string of the molecule is CCS[C@H]1CC[C@H](N(C)Cc2cccc(C(=O)Nc3ccccc3)c2)C1. The lowest BCUT2D eigenvalue weighted by Crippen LogP contribution is -2.29. The molecule has 0 bridgehead atoms. The molecule has 1 aliphatic carbocycles. The highest BCUT2D eigenvalue weighted by Crippen LogP contribution is 2.32. The first-order chi connectivity index (χ1) is 12.7. The molecule has 1 aliphatic rings. The van der Waals surface area contributed by atoms with Gasteiger partial charge in [0.1, 0.15) is 0 Å². The highest BCUT2D eigenvalue weighted by molar-refractivity contribution is 7.99. The largest absolute Gasteiger partial charge is 0.322 e. The molecule has 26 heavy (non-hydrogen) atoms. The van der Waals surface area contributed by atoms with Gasteiger partial charge in [0.05, 0.1) is 0 Å². The van der Waals surface area contributed by atoms with Gasteiger partial charge in [0.2, 0.25) is 0 Å². The minimum atomic E-state index is -0.0546. The molecule has 0 aromatic heterocycles. The normalized spacial score (nSPS) is 19.7. The second kappa shape index (κ2) is 9.24. The van der Waals surface area contributed by atoms with Gasteiger partial charge in [-0.25, -0.2) is 0 Å². The molecule has 2 aromatic rings. The van der Waals surface area contributed by atoms with Gasteiger partial charge in [-0.15, -0.1) is 0 Å². The number of nitrogens with one attached hydrogen (secondary N) is 1. The average Bonchev–Trinajstić information content (AvgIpc) is 3.12. The van der Waals surface area contributed by atoms with Crippen molar-refractivity contribution in [3.8, 4) is 0 Å². The van der Waals surface area contributed by atoms with E-state index in [0.717, 1.165) is 17.5 Å². The van der Waals surface area contributed by atoms with Crippen LogP contribution in [0.4, 0.5) is 5.69 Å². The third kappa shape index (κ3) is 5.12. The molecule has 1 fully saturated rings. The summed E-state index contributed by atoms with van der Waals surface area (Å²) in [4.78, 5) is 14.9. The molecule has 0 spiro atoms. The van der Waals surface area contributed by atoms with Crippen LogP contribution >= 0.6 is 11.8 Å². The quantitative estimate of drug-likeness (QED) is 0.743. The van der Waals surface area contributed by atoms with Crippen LogP contribution in [0.5, 0.6) is 0 Å². The van der Waals surface area contributed by atoms with Crippen molar-refractivity contribution in [3.05, 3.63) is 65.7 Å². The van der Waals surface area contributed by atoms with Crippen molar-refractivity contribution < 1.29 is 4.79 Å². The number of nitrogens with zero attached hydrogens (tertiary/aromatic N) is 1. The Morgan fingerprint density at radius 3 is 2.73 bits per heavy atom. The van der Waals surface area contributed by atoms with Crippen molar-refractivity contribution in [2.24, 2.45) is 0 Å². The van der Waals surface area contributed by atoms with E-state index in [-0.39, 0.29) is 5.91 Å². The molecule has 1 N–H and O–H groups in total. The number of hydrogen-bond donors (Lipinski definition) is 1. The summed E-state index contributed by atoms with van der Waals surface area (Å²) >= 11 is 2.09. The Labute approximate surface area is 161 Å². The van der Waals surface area contributed by atoms with Gasteiger partial charge in [-0.3, -0.25) is 9.69 Å². The standard InChI is InChI=1S/C22H28N2OS/c1-3-26-21-13-12-20(15-21)24(2)16-17-8-7-9-18(14-17)22(25)23-19-10-5-4-6-11-19/h4-11,14,20-21H,3,12-13,15-16H2,1-2H3,(H,23,25)/t20-,21-/m0/s1. The molecule has 4 heteroatoms. The smallest absolute Gasteiger partial charge is 0.255 e. The van der Waals surface area contributed by atoms with E-state index in [9.17, 15) is 4.79 Å². The van der Waals surface area contributed by atoms with Crippen molar-refractivity contribution >= 4 is 23.4 Å². The predicted molar refractivity (Wildman–Crippen MR) is 112 cm³/mol. The summed E-state index contributed by atoms with van der Waals surface area (Å²) in [7, 11) is 2.21. The van der Waals surface area contributed by atoms with Crippen LogP contribution in [-0.4, -0.2) is 34.9 Å². The van der Waals surface area contributed by atoms with Gasteiger partial charge in [0.15, 0.2) is 0 Å². The summed E-state index contributed by atoms with van der Waals surface area (Å²) in [6.07, 6.45) is 3.89. The average molecular weight is 369 g/mol. The predicted octanol–water partition coefficient (Wildman–Crippen LogP) is 5.04. The maximum Gasteiger partial charge on any atom is 0.255 e. The number of hydrogen-bond acceptors (Lipinski definition) is 3. The van der Waals surface area contributed by atoms with Crippen molar-refractivity contribution in [1.29, 1.82) is 0 Å². The van der Waals surface area contributed by atoms with Crippen LogP contribution in [0.1, 0.15) is 42.1 Å². The zero-order chi connectivity index (χ0) is 18.4. The Morgan fingerprint density at radius 1 is 1.15 bits per heavy atom. The van der Waals surface area contributed by atoms with E-state index < -0.39 is 0 Å². The Bertz CT molecular complexity index is 719. The molecule has 0 aliphatic heterocycles. The molecule has 0 unspecified atom stereocenters. The van der Waals surface area contributed by atoms with Crippen molar-refractivity contribution in [1.82, 2.24) is 4.90 Å². The first-order valence-electron chi connectivity index (χ1n) is 9.43. The van der Waals surface area contributed by atoms with Crippen LogP contribution in [0, 0.1) is 0 Å². The number of carbonyl (C=O) groups is 1. The summed E-state index contributed by atoms with van der Waals surface area (Å²) in [6, 6.07) is 18.2. The molecule has 1 amide bonds. The van der Waals surface area contributed by atoms with E-state index in [4.69, 9.17) is 0 Å². The molecular formula is C22H28N2OS. The number of anilines is 1. The topological polar surface area (TPSA) is 32.3 Å². The van der Waals surface area contributed by atoms with E-state index in [1.165, 1.54) is 30.6 Å². The second-order valence-electron chi connectivity index (χ2n) is 6.98.